The molecule has 2 bridgehead atoms. The number of aromatic nitrogens is 2. The second-order valence-corrected chi connectivity index (χ2v) is 5.70. The number of primary amides is 1. The largest absolute Gasteiger partial charge is 0.418 e. The Labute approximate surface area is 118 Å². The molecular formula is C9H11N5O6S. The van der Waals surface area contributed by atoms with Crippen molar-refractivity contribution in [2.45, 2.75) is 12.1 Å². The molecule has 1 fully saturated rings. The third-order valence-electron chi connectivity index (χ3n) is 3.48. The summed E-state index contributed by atoms with van der Waals surface area (Å²) in [4.78, 5) is 24.9. The van der Waals surface area contributed by atoms with E-state index in [9.17, 15) is 18.0 Å². The van der Waals surface area contributed by atoms with Crippen LogP contribution < -0.4 is 5.73 Å². The molecule has 1 saturated heterocycles. The molecule has 0 aliphatic carbocycles. The van der Waals surface area contributed by atoms with Crippen LogP contribution in [0.1, 0.15) is 23.3 Å². The molecule has 114 valence electrons. The molecule has 1 aromatic rings. The quantitative estimate of drug-likeness (QED) is 0.642. The number of fused-ring (bicyclic) bond motifs is 4. The molecule has 3 N–H and O–H groups in total. The van der Waals surface area contributed by atoms with Gasteiger partial charge in [-0.3, -0.25) is 14.0 Å². The third-order valence-corrected chi connectivity index (χ3v) is 3.82. The summed E-state index contributed by atoms with van der Waals surface area (Å²) >= 11 is 0. The van der Waals surface area contributed by atoms with E-state index in [4.69, 9.17) is 10.3 Å². The van der Waals surface area contributed by atoms with Gasteiger partial charge in [0.25, 0.3) is 0 Å². The number of nitrogens with two attached hydrogens (primary N) is 1. The second kappa shape index (κ2) is 4.16. The highest BCUT2D eigenvalue weighted by molar-refractivity contribution is 7.80. The molecule has 2 aliphatic heterocycles. The van der Waals surface area contributed by atoms with E-state index in [0.717, 1.165) is 4.90 Å². The zero-order valence-corrected chi connectivity index (χ0v) is 11.5. The van der Waals surface area contributed by atoms with Crippen LogP contribution in [0.25, 0.3) is 0 Å². The molecule has 2 unspecified atom stereocenters. The highest BCUT2D eigenvalue weighted by atomic mass is 32.3. The predicted octanol–water partition coefficient (Wildman–Crippen LogP) is -1.53. The van der Waals surface area contributed by atoms with Gasteiger partial charge in [-0.15, -0.1) is 4.28 Å². The van der Waals surface area contributed by atoms with E-state index in [1.165, 1.54) is 10.9 Å². The van der Waals surface area contributed by atoms with Crippen molar-refractivity contribution in [1.29, 1.82) is 0 Å². The standard InChI is InChI=1S/C9H11N5O6S/c1-12-6-4(2-11-12)5-3-13(7(6)8(10)15)9(16)14(5)20-21(17,18)19/h2,5,7H,3H2,1H3,(H2,10,15)(H,17,18,19). The Morgan fingerprint density at radius 2 is 2.24 bits per heavy atom. The number of carbonyl (C=O) groups excluding carboxylic acids is 2. The zero-order chi connectivity index (χ0) is 15.5. The van der Waals surface area contributed by atoms with E-state index in [1.54, 1.807) is 7.05 Å². The van der Waals surface area contributed by atoms with Gasteiger partial charge < -0.3 is 10.6 Å². The van der Waals surface area contributed by atoms with E-state index >= 15 is 0 Å². The van der Waals surface area contributed by atoms with Crippen molar-refractivity contribution in [3.63, 3.8) is 0 Å². The minimum Gasteiger partial charge on any atom is -0.368 e. The monoisotopic (exact) mass is 317 g/mol. The Morgan fingerprint density at radius 3 is 2.81 bits per heavy atom. The molecule has 1 aromatic heterocycles. The lowest BCUT2D eigenvalue weighted by molar-refractivity contribution is -0.122. The highest BCUT2D eigenvalue weighted by Gasteiger charge is 2.53. The van der Waals surface area contributed by atoms with Gasteiger partial charge in [0.2, 0.25) is 5.91 Å². The van der Waals surface area contributed by atoms with Crippen molar-refractivity contribution < 1.29 is 26.8 Å². The number of nitrogens with zero attached hydrogens (tertiary/aromatic N) is 4. The number of aryl methyl sites for hydroxylation is 1. The fourth-order valence-corrected chi connectivity index (χ4v) is 3.09. The first-order valence-corrected chi connectivity index (χ1v) is 7.15. The Balaban J connectivity index is 2.12. The number of amides is 3. The van der Waals surface area contributed by atoms with Crippen LogP contribution in [0.2, 0.25) is 0 Å². The molecule has 21 heavy (non-hydrogen) atoms. The Hall–Kier alpha value is -2.18. The van der Waals surface area contributed by atoms with Crippen LogP contribution in [0.4, 0.5) is 4.79 Å². The average molecular weight is 317 g/mol. The minimum absolute atomic E-state index is 0.000648. The molecule has 3 amide bonds. The van der Waals surface area contributed by atoms with Crippen LogP contribution in [-0.4, -0.2) is 51.2 Å². The summed E-state index contributed by atoms with van der Waals surface area (Å²) in [5, 5.41) is 4.48. The summed E-state index contributed by atoms with van der Waals surface area (Å²) in [5.74, 6) is -0.777. The summed E-state index contributed by atoms with van der Waals surface area (Å²) in [6.45, 7) is 0.000648. The number of carbonyl (C=O) groups is 2. The second-order valence-electron chi connectivity index (χ2n) is 4.69. The van der Waals surface area contributed by atoms with Gasteiger partial charge in [-0.05, 0) is 0 Å². The predicted molar refractivity (Wildman–Crippen MR) is 64.5 cm³/mol. The van der Waals surface area contributed by atoms with Crippen molar-refractivity contribution >= 4 is 22.3 Å². The molecular weight excluding hydrogens is 306 g/mol. The third kappa shape index (κ3) is 1.95. The summed E-state index contributed by atoms with van der Waals surface area (Å²) in [7, 11) is -3.31. The van der Waals surface area contributed by atoms with Crippen molar-refractivity contribution in [3.05, 3.63) is 17.5 Å². The average Bonchev–Trinajstić information content (AvgIpc) is 2.84. The van der Waals surface area contributed by atoms with Gasteiger partial charge in [-0.2, -0.15) is 18.6 Å². The molecule has 0 spiro atoms. The van der Waals surface area contributed by atoms with Gasteiger partial charge >= 0.3 is 16.4 Å². The van der Waals surface area contributed by atoms with Crippen LogP contribution >= 0.6 is 0 Å². The van der Waals surface area contributed by atoms with Crippen molar-refractivity contribution in [3.8, 4) is 0 Å². The van der Waals surface area contributed by atoms with Crippen LogP contribution in [-0.2, 0) is 26.5 Å². The van der Waals surface area contributed by atoms with E-state index < -0.39 is 34.4 Å². The van der Waals surface area contributed by atoms with Crippen molar-refractivity contribution in [2.24, 2.45) is 12.8 Å². The van der Waals surface area contributed by atoms with E-state index in [-0.39, 0.29) is 6.54 Å². The maximum Gasteiger partial charge on any atom is 0.418 e. The first-order chi connectivity index (χ1) is 9.70. The van der Waals surface area contributed by atoms with E-state index in [1.807, 2.05) is 0 Å². The number of hydroxylamine groups is 2. The molecule has 11 nitrogen and oxygen atoms in total. The summed E-state index contributed by atoms with van der Waals surface area (Å²) in [6, 6.07) is -2.76. The maximum absolute atomic E-state index is 12.2. The lowest BCUT2D eigenvalue weighted by Crippen LogP contribution is -2.42. The Kier molecular flexibility index (Phi) is 2.73. The van der Waals surface area contributed by atoms with Crippen molar-refractivity contribution in [1.82, 2.24) is 19.7 Å². The number of hydrogen-bond donors (Lipinski definition) is 2. The summed E-state index contributed by atoms with van der Waals surface area (Å²) in [6.07, 6.45) is 1.40. The normalized spacial score (nSPS) is 24.4. The molecule has 2 atom stereocenters. The summed E-state index contributed by atoms with van der Waals surface area (Å²) < 4.78 is 36.2. The topological polar surface area (TPSA) is 148 Å². The van der Waals surface area contributed by atoms with Gasteiger partial charge in [0.15, 0.2) is 6.04 Å². The highest BCUT2D eigenvalue weighted by Crippen LogP contribution is 2.43. The van der Waals surface area contributed by atoms with Crippen LogP contribution in [0.5, 0.6) is 0 Å². The van der Waals surface area contributed by atoms with Gasteiger partial charge in [0.05, 0.1) is 18.4 Å². The minimum atomic E-state index is -4.88. The molecule has 2 aliphatic rings. The molecule has 0 radical (unpaired) electrons. The maximum atomic E-state index is 12.2. The van der Waals surface area contributed by atoms with E-state index in [2.05, 4.69) is 9.38 Å². The van der Waals surface area contributed by atoms with Gasteiger partial charge in [0.1, 0.15) is 6.04 Å². The molecule has 3 rings (SSSR count). The molecule has 0 aromatic carbocycles. The number of hydrogen-bond acceptors (Lipinski definition) is 6. The van der Waals surface area contributed by atoms with E-state index in [0.29, 0.717) is 16.3 Å². The first kappa shape index (κ1) is 13.8. The van der Waals surface area contributed by atoms with Gasteiger partial charge in [0, 0.05) is 12.6 Å². The van der Waals surface area contributed by atoms with Crippen LogP contribution in [0, 0.1) is 0 Å². The smallest absolute Gasteiger partial charge is 0.368 e. The Morgan fingerprint density at radius 1 is 1.57 bits per heavy atom. The fourth-order valence-electron chi connectivity index (χ4n) is 2.72. The lowest BCUT2D eigenvalue weighted by atomic mass is 9.98. The van der Waals surface area contributed by atoms with Crippen LogP contribution in [0.15, 0.2) is 6.20 Å². The molecule has 0 saturated carbocycles. The number of urea groups is 1. The van der Waals surface area contributed by atoms with Crippen LogP contribution in [0.3, 0.4) is 0 Å². The Bertz CT molecular complexity index is 742. The first-order valence-electron chi connectivity index (χ1n) is 5.78. The number of rotatable bonds is 3. The summed E-state index contributed by atoms with van der Waals surface area (Å²) in [5.41, 5.74) is 6.15. The molecule has 12 heteroatoms. The van der Waals surface area contributed by atoms with Gasteiger partial charge in [-0.1, -0.05) is 0 Å². The van der Waals surface area contributed by atoms with Gasteiger partial charge in [-0.25, -0.2) is 4.79 Å². The lowest BCUT2D eigenvalue weighted by Gasteiger charge is -2.28. The van der Waals surface area contributed by atoms with Crippen molar-refractivity contribution in [2.75, 3.05) is 6.54 Å². The zero-order valence-electron chi connectivity index (χ0n) is 10.7. The molecule has 3 heterocycles. The SMILES string of the molecule is Cn1ncc2c1C(C(N)=O)N1CC2N(OS(=O)(=O)O)C1=O. The fraction of sp³-hybridized carbons (Fsp3) is 0.444.